The van der Waals surface area contributed by atoms with Gasteiger partial charge in [0.25, 0.3) is 5.91 Å². The molecule has 0 atom stereocenters. The molecule has 0 spiro atoms. The van der Waals surface area contributed by atoms with Crippen LogP contribution < -0.4 is 11.1 Å². The van der Waals surface area contributed by atoms with Crippen molar-refractivity contribution in [3.63, 3.8) is 0 Å². The van der Waals surface area contributed by atoms with Crippen molar-refractivity contribution in [2.75, 3.05) is 5.32 Å². The van der Waals surface area contributed by atoms with Gasteiger partial charge in [0.05, 0.1) is 5.52 Å². The van der Waals surface area contributed by atoms with Crippen LogP contribution in [0, 0.1) is 6.92 Å². The first-order valence-corrected chi connectivity index (χ1v) is 7.00. The Morgan fingerprint density at radius 2 is 2.00 bits per heavy atom. The van der Waals surface area contributed by atoms with Gasteiger partial charge in [-0.1, -0.05) is 17.7 Å². The number of oxazole rings is 1. The van der Waals surface area contributed by atoms with Crippen LogP contribution in [0.5, 0.6) is 0 Å². The van der Waals surface area contributed by atoms with E-state index in [0.717, 1.165) is 5.56 Å². The number of fused-ring (bicyclic) bond motifs is 1. The smallest absolute Gasteiger partial charge is 0.408 e. The Hall–Kier alpha value is -2.53. The molecular weight excluding hydrogens is 304 g/mol. The van der Waals surface area contributed by atoms with Crippen molar-refractivity contribution in [2.45, 2.75) is 6.92 Å². The average Bonchev–Trinajstić information content (AvgIpc) is 2.78. The topological polar surface area (TPSA) is 64.2 Å². The Labute approximate surface area is 131 Å². The van der Waals surface area contributed by atoms with Crippen molar-refractivity contribution >= 4 is 34.3 Å². The SMILES string of the molecule is Cc1ccc(NC(=O)c2ccc3oc(=O)n(C)c3c2)cc1Cl. The molecule has 1 N–H and O–H groups in total. The maximum Gasteiger partial charge on any atom is 0.419 e. The molecule has 0 saturated carbocycles. The van der Waals surface area contributed by atoms with E-state index >= 15 is 0 Å². The summed E-state index contributed by atoms with van der Waals surface area (Å²) in [7, 11) is 1.59. The van der Waals surface area contributed by atoms with Gasteiger partial charge in [-0.3, -0.25) is 9.36 Å². The molecule has 0 saturated heterocycles. The first-order valence-electron chi connectivity index (χ1n) is 6.63. The van der Waals surface area contributed by atoms with Gasteiger partial charge in [-0.05, 0) is 42.8 Å². The molecule has 1 aromatic heterocycles. The molecule has 22 heavy (non-hydrogen) atoms. The molecule has 5 nitrogen and oxygen atoms in total. The Kier molecular flexibility index (Phi) is 3.50. The molecule has 1 amide bonds. The quantitative estimate of drug-likeness (QED) is 0.788. The van der Waals surface area contributed by atoms with E-state index < -0.39 is 5.76 Å². The molecule has 112 valence electrons. The number of hydrogen-bond acceptors (Lipinski definition) is 3. The van der Waals surface area contributed by atoms with Crippen LogP contribution in [0.4, 0.5) is 5.69 Å². The fourth-order valence-corrected chi connectivity index (χ4v) is 2.32. The summed E-state index contributed by atoms with van der Waals surface area (Å²) >= 11 is 6.04. The van der Waals surface area contributed by atoms with E-state index in [1.807, 2.05) is 13.0 Å². The first-order chi connectivity index (χ1) is 10.5. The van der Waals surface area contributed by atoms with Gasteiger partial charge in [-0.25, -0.2) is 4.79 Å². The molecule has 3 rings (SSSR count). The predicted molar refractivity (Wildman–Crippen MR) is 85.6 cm³/mol. The number of nitrogens with zero attached hydrogens (tertiary/aromatic N) is 1. The highest BCUT2D eigenvalue weighted by Gasteiger charge is 2.11. The summed E-state index contributed by atoms with van der Waals surface area (Å²) in [6.45, 7) is 1.89. The summed E-state index contributed by atoms with van der Waals surface area (Å²) in [5.74, 6) is -0.742. The fourth-order valence-electron chi connectivity index (χ4n) is 2.14. The average molecular weight is 317 g/mol. The highest BCUT2D eigenvalue weighted by molar-refractivity contribution is 6.31. The molecule has 2 aromatic carbocycles. The number of aryl methyl sites for hydroxylation is 2. The van der Waals surface area contributed by atoms with Gasteiger partial charge in [-0.2, -0.15) is 0 Å². The molecule has 1 heterocycles. The van der Waals surface area contributed by atoms with E-state index in [1.54, 1.807) is 37.4 Å². The molecule has 0 fully saturated rings. The third-order valence-electron chi connectivity index (χ3n) is 3.48. The van der Waals surface area contributed by atoms with Crippen molar-refractivity contribution in [1.82, 2.24) is 4.57 Å². The lowest BCUT2D eigenvalue weighted by atomic mass is 10.1. The van der Waals surface area contributed by atoms with Crippen LogP contribution in [0.2, 0.25) is 5.02 Å². The summed E-state index contributed by atoms with van der Waals surface area (Å²) in [6, 6.07) is 10.1. The summed E-state index contributed by atoms with van der Waals surface area (Å²) < 4.78 is 6.39. The van der Waals surface area contributed by atoms with Crippen LogP contribution in [0.3, 0.4) is 0 Å². The van der Waals surface area contributed by atoms with Crippen LogP contribution >= 0.6 is 11.6 Å². The second-order valence-electron chi connectivity index (χ2n) is 5.03. The third-order valence-corrected chi connectivity index (χ3v) is 3.89. The Bertz CT molecular complexity index is 940. The first kappa shape index (κ1) is 14.4. The maximum atomic E-state index is 12.3. The van der Waals surface area contributed by atoms with E-state index in [0.29, 0.717) is 27.4 Å². The van der Waals surface area contributed by atoms with Crippen molar-refractivity contribution in [3.8, 4) is 0 Å². The zero-order chi connectivity index (χ0) is 15.9. The number of carbonyl (C=O) groups excluding carboxylic acids is 1. The van der Waals surface area contributed by atoms with Crippen LogP contribution in [-0.4, -0.2) is 10.5 Å². The Morgan fingerprint density at radius 3 is 2.73 bits per heavy atom. The molecular formula is C16H13ClN2O3. The normalized spacial score (nSPS) is 10.9. The van der Waals surface area contributed by atoms with Gasteiger partial charge in [0.1, 0.15) is 0 Å². The molecule has 0 bridgehead atoms. The minimum atomic E-state index is -0.460. The number of rotatable bonds is 2. The minimum absolute atomic E-state index is 0.282. The van der Waals surface area contributed by atoms with E-state index in [1.165, 1.54) is 4.57 Å². The van der Waals surface area contributed by atoms with Gasteiger partial charge < -0.3 is 9.73 Å². The number of anilines is 1. The van der Waals surface area contributed by atoms with Gasteiger partial charge in [0, 0.05) is 23.3 Å². The lowest BCUT2D eigenvalue weighted by Crippen LogP contribution is -2.12. The number of aromatic nitrogens is 1. The number of carbonyl (C=O) groups is 1. The molecule has 0 unspecified atom stereocenters. The number of halogens is 1. The van der Waals surface area contributed by atoms with Crippen molar-refractivity contribution < 1.29 is 9.21 Å². The molecule has 0 aliphatic carbocycles. The summed E-state index contributed by atoms with van der Waals surface area (Å²) in [6.07, 6.45) is 0. The Morgan fingerprint density at radius 1 is 1.23 bits per heavy atom. The van der Waals surface area contributed by atoms with Crippen molar-refractivity contribution in [2.24, 2.45) is 7.05 Å². The summed E-state index contributed by atoms with van der Waals surface area (Å²) in [5, 5.41) is 3.36. The number of hydrogen-bond donors (Lipinski definition) is 1. The lowest BCUT2D eigenvalue weighted by molar-refractivity contribution is 0.102. The second-order valence-corrected chi connectivity index (χ2v) is 5.43. The maximum absolute atomic E-state index is 12.3. The standard InChI is InChI=1S/C16H13ClN2O3/c1-9-3-5-11(8-12(9)17)18-15(20)10-4-6-14-13(7-10)19(2)16(21)22-14/h3-8H,1-2H3,(H,18,20). The molecule has 0 aliphatic heterocycles. The van der Waals surface area contributed by atoms with Gasteiger partial charge in [0.15, 0.2) is 5.58 Å². The third kappa shape index (κ3) is 2.51. The fraction of sp³-hybridized carbons (Fsp3) is 0.125. The Balaban J connectivity index is 1.93. The lowest BCUT2D eigenvalue weighted by Gasteiger charge is -2.07. The summed E-state index contributed by atoms with van der Waals surface area (Å²) in [4.78, 5) is 23.8. The molecule has 0 aliphatic rings. The second kappa shape index (κ2) is 5.35. The van der Waals surface area contributed by atoms with E-state index in [-0.39, 0.29) is 5.91 Å². The number of nitrogens with one attached hydrogen (secondary N) is 1. The minimum Gasteiger partial charge on any atom is -0.408 e. The van der Waals surface area contributed by atoms with Crippen LogP contribution in [0.1, 0.15) is 15.9 Å². The zero-order valence-corrected chi connectivity index (χ0v) is 12.8. The monoisotopic (exact) mass is 316 g/mol. The highest BCUT2D eigenvalue weighted by Crippen LogP contribution is 2.21. The molecule has 3 aromatic rings. The highest BCUT2D eigenvalue weighted by atomic mass is 35.5. The van der Waals surface area contributed by atoms with Gasteiger partial charge in [-0.15, -0.1) is 0 Å². The zero-order valence-electron chi connectivity index (χ0n) is 12.0. The van der Waals surface area contributed by atoms with Crippen molar-refractivity contribution in [1.29, 1.82) is 0 Å². The number of amides is 1. The van der Waals surface area contributed by atoms with Crippen LogP contribution in [-0.2, 0) is 7.05 Å². The predicted octanol–water partition coefficient (Wildman–Crippen LogP) is 3.35. The number of benzene rings is 2. The van der Waals surface area contributed by atoms with Crippen LogP contribution in [0.15, 0.2) is 45.6 Å². The summed E-state index contributed by atoms with van der Waals surface area (Å²) in [5.41, 5.74) is 3.00. The van der Waals surface area contributed by atoms with Gasteiger partial charge >= 0.3 is 5.76 Å². The van der Waals surface area contributed by atoms with Gasteiger partial charge in [0.2, 0.25) is 0 Å². The van der Waals surface area contributed by atoms with E-state index in [9.17, 15) is 9.59 Å². The molecule has 0 radical (unpaired) electrons. The van der Waals surface area contributed by atoms with Crippen molar-refractivity contribution in [3.05, 3.63) is 63.1 Å². The van der Waals surface area contributed by atoms with Crippen LogP contribution in [0.25, 0.3) is 11.1 Å². The van der Waals surface area contributed by atoms with E-state index in [2.05, 4.69) is 5.32 Å². The largest absolute Gasteiger partial charge is 0.419 e. The molecule has 6 heteroatoms. The van der Waals surface area contributed by atoms with E-state index in [4.69, 9.17) is 16.0 Å².